The Morgan fingerprint density at radius 1 is 1.04 bits per heavy atom. The molecule has 0 fully saturated rings. The van der Waals surface area contributed by atoms with E-state index >= 15 is 0 Å². The van der Waals surface area contributed by atoms with E-state index in [4.69, 9.17) is 15.2 Å². The van der Waals surface area contributed by atoms with Crippen LogP contribution in [0, 0.1) is 0 Å². The van der Waals surface area contributed by atoms with Crippen molar-refractivity contribution in [3.05, 3.63) is 59.7 Å². The van der Waals surface area contributed by atoms with Crippen LogP contribution in [0.1, 0.15) is 22.0 Å². The number of methoxy groups -OCH3 is 2. The van der Waals surface area contributed by atoms with E-state index in [1.54, 1.807) is 42.5 Å². The fourth-order valence-electron chi connectivity index (χ4n) is 2.16. The molecule has 0 aliphatic rings. The normalized spacial score (nSPS) is 11.4. The van der Waals surface area contributed by atoms with Crippen molar-refractivity contribution >= 4 is 11.8 Å². The van der Waals surface area contributed by atoms with Crippen LogP contribution in [0.15, 0.2) is 48.5 Å². The minimum absolute atomic E-state index is 0.287. The van der Waals surface area contributed by atoms with E-state index < -0.39 is 17.9 Å². The molecule has 1 unspecified atom stereocenters. The average molecular weight is 314 g/mol. The second-order valence-electron chi connectivity index (χ2n) is 4.79. The molecular formula is C17H18N2O4. The molecule has 0 bridgehead atoms. The molecule has 3 N–H and O–H groups in total. The zero-order valence-corrected chi connectivity index (χ0v) is 12.9. The molecule has 120 valence electrons. The van der Waals surface area contributed by atoms with Crippen LogP contribution in [-0.4, -0.2) is 26.0 Å². The fraction of sp³-hybridized carbons (Fsp3) is 0.176. The van der Waals surface area contributed by atoms with Crippen molar-refractivity contribution in [1.29, 1.82) is 0 Å². The van der Waals surface area contributed by atoms with Gasteiger partial charge >= 0.3 is 0 Å². The van der Waals surface area contributed by atoms with Crippen molar-refractivity contribution in [1.82, 2.24) is 5.32 Å². The van der Waals surface area contributed by atoms with E-state index in [1.165, 1.54) is 14.2 Å². The predicted octanol–water partition coefficient (Wildman–Crippen LogP) is 1.66. The Morgan fingerprint density at radius 2 is 1.74 bits per heavy atom. The summed E-state index contributed by atoms with van der Waals surface area (Å²) in [6.07, 6.45) is 0. The summed E-state index contributed by atoms with van der Waals surface area (Å²) in [6.45, 7) is 0. The van der Waals surface area contributed by atoms with Gasteiger partial charge in [0.1, 0.15) is 17.5 Å². The average Bonchev–Trinajstić information content (AvgIpc) is 2.59. The van der Waals surface area contributed by atoms with Crippen LogP contribution in [0.5, 0.6) is 11.5 Å². The van der Waals surface area contributed by atoms with Gasteiger partial charge in [0.15, 0.2) is 0 Å². The molecule has 0 spiro atoms. The topological polar surface area (TPSA) is 90.6 Å². The number of ether oxygens (including phenoxy) is 2. The van der Waals surface area contributed by atoms with Gasteiger partial charge in [0.2, 0.25) is 5.91 Å². The second-order valence-corrected chi connectivity index (χ2v) is 4.79. The van der Waals surface area contributed by atoms with Crippen LogP contribution in [0.2, 0.25) is 0 Å². The van der Waals surface area contributed by atoms with E-state index in [1.807, 2.05) is 6.07 Å². The van der Waals surface area contributed by atoms with Gasteiger partial charge in [-0.15, -0.1) is 0 Å². The molecule has 6 nitrogen and oxygen atoms in total. The fourth-order valence-corrected chi connectivity index (χ4v) is 2.16. The SMILES string of the molecule is COc1ccc(C(=O)NC(C(N)=O)c2ccccc2)c(OC)c1. The molecule has 0 saturated carbocycles. The number of carbonyl (C=O) groups excluding carboxylic acids is 2. The quantitative estimate of drug-likeness (QED) is 0.848. The van der Waals surface area contributed by atoms with E-state index in [0.29, 0.717) is 17.1 Å². The summed E-state index contributed by atoms with van der Waals surface area (Å²) in [5, 5.41) is 2.63. The highest BCUT2D eigenvalue weighted by Crippen LogP contribution is 2.25. The number of nitrogens with one attached hydrogen (secondary N) is 1. The number of carbonyl (C=O) groups is 2. The third-order valence-electron chi connectivity index (χ3n) is 3.35. The first-order valence-electron chi connectivity index (χ1n) is 6.94. The maximum absolute atomic E-state index is 12.5. The number of hydrogen-bond donors (Lipinski definition) is 2. The maximum Gasteiger partial charge on any atom is 0.255 e. The van der Waals surface area contributed by atoms with Crippen molar-refractivity contribution in [2.24, 2.45) is 5.73 Å². The minimum Gasteiger partial charge on any atom is -0.497 e. The van der Waals surface area contributed by atoms with Crippen molar-refractivity contribution in [3.8, 4) is 11.5 Å². The number of hydrogen-bond acceptors (Lipinski definition) is 4. The predicted molar refractivity (Wildman–Crippen MR) is 85.4 cm³/mol. The summed E-state index contributed by atoms with van der Waals surface area (Å²) >= 11 is 0. The molecular weight excluding hydrogens is 296 g/mol. The Kier molecular flexibility index (Phi) is 5.19. The van der Waals surface area contributed by atoms with E-state index in [-0.39, 0.29) is 5.56 Å². The molecule has 0 heterocycles. The highest BCUT2D eigenvalue weighted by molar-refractivity contribution is 5.99. The van der Waals surface area contributed by atoms with E-state index in [0.717, 1.165) is 0 Å². The van der Waals surface area contributed by atoms with Gasteiger partial charge in [-0.1, -0.05) is 30.3 Å². The second kappa shape index (κ2) is 7.31. The summed E-state index contributed by atoms with van der Waals surface area (Å²) in [5.74, 6) is -0.194. The molecule has 0 radical (unpaired) electrons. The Hall–Kier alpha value is -3.02. The van der Waals surface area contributed by atoms with Crippen LogP contribution < -0.4 is 20.5 Å². The van der Waals surface area contributed by atoms with Gasteiger partial charge < -0.3 is 20.5 Å². The van der Waals surface area contributed by atoms with E-state index in [9.17, 15) is 9.59 Å². The van der Waals surface area contributed by atoms with Crippen LogP contribution in [0.3, 0.4) is 0 Å². The molecule has 6 heteroatoms. The third kappa shape index (κ3) is 3.79. The minimum atomic E-state index is -0.921. The molecule has 0 saturated heterocycles. The highest BCUT2D eigenvalue weighted by atomic mass is 16.5. The largest absolute Gasteiger partial charge is 0.497 e. The zero-order valence-electron chi connectivity index (χ0n) is 12.9. The monoisotopic (exact) mass is 314 g/mol. The summed E-state index contributed by atoms with van der Waals surface area (Å²) in [4.78, 5) is 24.2. The smallest absolute Gasteiger partial charge is 0.255 e. The number of benzene rings is 2. The van der Waals surface area contributed by atoms with Crippen LogP contribution >= 0.6 is 0 Å². The lowest BCUT2D eigenvalue weighted by Crippen LogP contribution is -2.37. The molecule has 1 atom stereocenters. The Labute approximate surface area is 134 Å². The van der Waals surface area contributed by atoms with Crippen molar-refractivity contribution in [3.63, 3.8) is 0 Å². The van der Waals surface area contributed by atoms with Crippen LogP contribution in [0.4, 0.5) is 0 Å². The molecule has 2 aromatic rings. The lowest BCUT2D eigenvalue weighted by atomic mass is 10.1. The molecule has 2 rings (SSSR count). The molecule has 2 aromatic carbocycles. The van der Waals surface area contributed by atoms with Gasteiger partial charge in [0, 0.05) is 6.07 Å². The molecule has 0 aliphatic heterocycles. The highest BCUT2D eigenvalue weighted by Gasteiger charge is 2.22. The number of amides is 2. The first-order valence-corrected chi connectivity index (χ1v) is 6.94. The van der Waals surface area contributed by atoms with Crippen LogP contribution in [-0.2, 0) is 4.79 Å². The Bertz CT molecular complexity index is 701. The van der Waals surface area contributed by atoms with Gasteiger partial charge in [-0.2, -0.15) is 0 Å². The maximum atomic E-state index is 12.5. The third-order valence-corrected chi connectivity index (χ3v) is 3.35. The summed E-state index contributed by atoms with van der Waals surface area (Å²) in [5.41, 5.74) is 6.31. The summed E-state index contributed by atoms with van der Waals surface area (Å²) in [6, 6.07) is 12.7. The van der Waals surface area contributed by atoms with Gasteiger partial charge in [-0.05, 0) is 17.7 Å². The van der Waals surface area contributed by atoms with Crippen molar-refractivity contribution in [2.45, 2.75) is 6.04 Å². The lowest BCUT2D eigenvalue weighted by molar-refractivity contribution is -0.120. The van der Waals surface area contributed by atoms with Crippen molar-refractivity contribution < 1.29 is 19.1 Å². The standard InChI is InChI=1S/C17H18N2O4/c1-22-12-8-9-13(14(10-12)23-2)17(21)19-15(16(18)20)11-6-4-3-5-7-11/h3-10,15H,1-2H3,(H2,18,20)(H,19,21). The summed E-state index contributed by atoms with van der Waals surface area (Å²) < 4.78 is 10.3. The first kappa shape index (κ1) is 16.4. The first-order chi connectivity index (χ1) is 11.1. The number of nitrogens with two attached hydrogens (primary N) is 1. The Balaban J connectivity index is 2.28. The van der Waals surface area contributed by atoms with Gasteiger partial charge in [0.05, 0.1) is 19.8 Å². The van der Waals surface area contributed by atoms with Gasteiger partial charge in [-0.25, -0.2) is 0 Å². The zero-order chi connectivity index (χ0) is 16.8. The lowest BCUT2D eigenvalue weighted by Gasteiger charge is -2.17. The molecule has 23 heavy (non-hydrogen) atoms. The number of rotatable bonds is 6. The molecule has 0 aromatic heterocycles. The summed E-state index contributed by atoms with van der Waals surface area (Å²) in [7, 11) is 2.97. The van der Waals surface area contributed by atoms with Crippen LogP contribution in [0.25, 0.3) is 0 Å². The van der Waals surface area contributed by atoms with Crippen molar-refractivity contribution in [2.75, 3.05) is 14.2 Å². The number of primary amides is 1. The van der Waals surface area contributed by atoms with E-state index in [2.05, 4.69) is 5.32 Å². The van der Waals surface area contributed by atoms with Gasteiger partial charge in [-0.3, -0.25) is 9.59 Å². The Morgan fingerprint density at radius 3 is 2.30 bits per heavy atom. The molecule has 0 aliphatic carbocycles. The molecule has 2 amide bonds. The van der Waals surface area contributed by atoms with Gasteiger partial charge in [0.25, 0.3) is 5.91 Å².